The van der Waals surface area contributed by atoms with Crippen LogP contribution in [0.25, 0.3) is 21.5 Å². The molecule has 8 rings (SSSR count). The lowest BCUT2D eigenvalue weighted by molar-refractivity contribution is 0.112. The second kappa shape index (κ2) is 6.10. The molecule has 0 radical (unpaired) electrons. The van der Waals surface area contributed by atoms with Crippen LogP contribution in [0.1, 0.15) is 32.6 Å². The van der Waals surface area contributed by atoms with Crippen LogP contribution in [0.2, 0.25) is 0 Å². The Hall–Kier alpha value is -2.93. The Kier molecular flexibility index (Phi) is 3.60. The third-order valence-corrected chi connectivity index (χ3v) is 5.75. The van der Waals surface area contributed by atoms with Crippen LogP contribution in [0.4, 0.5) is 0 Å². The first kappa shape index (κ1) is 15.3. The van der Waals surface area contributed by atoms with Crippen molar-refractivity contribution in [2.75, 3.05) is 0 Å². The molecule has 0 aliphatic heterocycles. The Labute approximate surface area is 153 Å². The first-order valence-corrected chi connectivity index (χ1v) is 9.33. The molecule has 0 unspecified atom stereocenters. The maximum Gasteiger partial charge on any atom is 0.150 e. The van der Waals surface area contributed by atoms with E-state index < -0.39 is 0 Å². The van der Waals surface area contributed by atoms with Gasteiger partial charge in [-0.15, -0.1) is 0 Å². The van der Waals surface area contributed by atoms with E-state index >= 15 is 0 Å². The second-order valence-corrected chi connectivity index (χ2v) is 7.25. The van der Waals surface area contributed by atoms with E-state index in [1.165, 1.54) is 43.8 Å². The molecule has 1 heteroatoms. The van der Waals surface area contributed by atoms with Gasteiger partial charge in [-0.05, 0) is 75.5 Å². The summed E-state index contributed by atoms with van der Waals surface area (Å²) in [5.74, 6) is 0. The van der Waals surface area contributed by atoms with Crippen LogP contribution < -0.4 is 0 Å². The number of benzene rings is 4. The Morgan fingerprint density at radius 3 is 2.19 bits per heavy atom. The summed E-state index contributed by atoms with van der Waals surface area (Å²) in [6, 6.07) is 24.1. The fourth-order valence-electron chi connectivity index (χ4n) is 4.37. The van der Waals surface area contributed by atoms with E-state index in [2.05, 4.69) is 66.7 Å². The average molecular weight is 336 g/mol. The standard InChI is InChI=1S/C25H20O/c26-16-21-15-20-11-9-17-5-7-18(8-6-17)10-13-22(21)24-14-12-19-3-1-2-4-23(19)25(20)24/h1-8,12,14-16H,9-11,13H2. The van der Waals surface area contributed by atoms with Crippen molar-refractivity contribution in [3.8, 4) is 0 Å². The number of carbonyl (C=O) groups excluding carboxylic acids is 1. The summed E-state index contributed by atoms with van der Waals surface area (Å²) in [5.41, 5.74) is 6.03. The Bertz CT molecular complexity index is 1140. The van der Waals surface area contributed by atoms with Crippen molar-refractivity contribution in [1.29, 1.82) is 0 Å². The summed E-state index contributed by atoms with van der Waals surface area (Å²) >= 11 is 0. The van der Waals surface area contributed by atoms with Gasteiger partial charge in [-0.25, -0.2) is 0 Å². The maximum atomic E-state index is 11.9. The Morgan fingerprint density at radius 2 is 1.42 bits per heavy atom. The highest BCUT2D eigenvalue weighted by Gasteiger charge is 2.15. The quantitative estimate of drug-likeness (QED) is 0.322. The topological polar surface area (TPSA) is 17.1 Å². The number of aryl methyl sites for hydroxylation is 4. The zero-order valence-corrected chi connectivity index (χ0v) is 14.7. The normalized spacial score (nSPS) is 13.7. The molecule has 4 aromatic carbocycles. The second-order valence-electron chi connectivity index (χ2n) is 7.25. The lowest BCUT2D eigenvalue weighted by Gasteiger charge is -2.18. The summed E-state index contributed by atoms with van der Waals surface area (Å²) in [7, 11) is 0. The lowest BCUT2D eigenvalue weighted by atomic mass is 9.86. The van der Waals surface area contributed by atoms with Crippen molar-refractivity contribution in [1.82, 2.24) is 0 Å². The molecule has 0 fully saturated rings. The minimum absolute atomic E-state index is 0.859. The monoisotopic (exact) mass is 336 g/mol. The molecule has 0 N–H and O–H groups in total. The maximum absolute atomic E-state index is 11.9. The van der Waals surface area contributed by atoms with Gasteiger partial charge in [-0.2, -0.15) is 0 Å². The van der Waals surface area contributed by atoms with Crippen LogP contribution in [0.15, 0.2) is 66.7 Å². The van der Waals surface area contributed by atoms with Crippen LogP contribution in [0, 0.1) is 0 Å². The third kappa shape index (κ3) is 2.43. The Morgan fingerprint density at radius 1 is 0.692 bits per heavy atom. The van der Waals surface area contributed by atoms with E-state index in [9.17, 15) is 4.79 Å². The predicted molar refractivity (Wildman–Crippen MR) is 108 cm³/mol. The molecule has 0 spiro atoms. The van der Waals surface area contributed by atoms with Gasteiger partial charge in [0.1, 0.15) is 6.29 Å². The van der Waals surface area contributed by atoms with Gasteiger partial charge in [0.05, 0.1) is 0 Å². The van der Waals surface area contributed by atoms with Crippen molar-refractivity contribution in [3.63, 3.8) is 0 Å². The molecule has 126 valence electrons. The number of aldehydes is 1. The van der Waals surface area contributed by atoms with E-state index in [1.54, 1.807) is 0 Å². The SMILES string of the molecule is O=Cc1cc2c3c(ccc4ccccc43)c1CCc1ccc(cc1)CC2. The molecule has 0 saturated heterocycles. The molecule has 4 aromatic rings. The van der Waals surface area contributed by atoms with E-state index in [1.807, 2.05) is 0 Å². The zero-order valence-electron chi connectivity index (χ0n) is 14.7. The largest absolute Gasteiger partial charge is 0.298 e. The molecule has 26 heavy (non-hydrogen) atoms. The summed E-state index contributed by atoms with van der Waals surface area (Å²) in [5, 5.41) is 5.14. The molecule has 4 aliphatic rings. The van der Waals surface area contributed by atoms with Crippen LogP contribution >= 0.6 is 0 Å². The van der Waals surface area contributed by atoms with Gasteiger partial charge in [0, 0.05) is 5.56 Å². The van der Waals surface area contributed by atoms with Gasteiger partial charge >= 0.3 is 0 Å². The molecule has 0 aromatic heterocycles. The zero-order chi connectivity index (χ0) is 17.5. The smallest absolute Gasteiger partial charge is 0.150 e. The van der Waals surface area contributed by atoms with Crippen molar-refractivity contribution in [3.05, 3.63) is 94.5 Å². The highest BCUT2D eigenvalue weighted by molar-refractivity contribution is 6.11. The first-order valence-electron chi connectivity index (χ1n) is 9.33. The summed E-state index contributed by atoms with van der Waals surface area (Å²) in [4.78, 5) is 11.9. The molecule has 4 bridgehead atoms. The summed E-state index contributed by atoms with van der Waals surface area (Å²) in [6.07, 6.45) is 4.84. The van der Waals surface area contributed by atoms with Gasteiger partial charge in [-0.3, -0.25) is 4.79 Å². The molecule has 1 nitrogen and oxygen atoms in total. The number of rotatable bonds is 1. The van der Waals surface area contributed by atoms with Crippen molar-refractivity contribution in [2.24, 2.45) is 0 Å². The van der Waals surface area contributed by atoms with Crippen LogP contribution in [0.3, 0.4) is 0 Å². The molecule has 0 heterocycles. The fraction of sp³-hybridized carbons (Fsp3) is 0.160. The van der Waals surface area contributed by atoms with Gasteiger partial charge in [0.2, 0.25) is 0 Å². The average Bonchev–Trinajstić information content (AvgIpc) is 2.69. The van der Waals surface area contributed by atoms with Gasteiger partial charge in [0.15, 0.2) is 0 Å². The van der Waals surface area contributed by atoms with E-state index in [4.69, 9.17) is 0 Å². The molecule has 0 atom stereocenters. The van der Waals surface area contributed by atoms with Crippen molar-refractivity contribution >= 4 is 27.8 Å². The molecular formula is C25H20O. The predicted octanol–water partition coefficient (Wildman–Crippen LogP) is 5.69. The van der Waals surface area contributed by atoms with Crippen molar-refractivity contribution < 1.29 is 4.79 Å². The van der Waals surface area contributed by atoms with Gasteiger partial charge in [0.25, 0.3) is 0 Å². The van der Waals surface area contributed by atoms with E-state index in [0.717, 1.165) is 37.5 Å². The summed E-state index contributed by atoms with van der Waals surface area (Å²) in [6.45, 7) is 0. The molecule has 4 aliphatic carbocycles. The minimum atomic E-state index is 0.859. The molecule has 0 saturated carbocycles. The highest BCUT2D eigenvalue weighted by Crippen LogP contribution is 2.34. The van der Waals surface area contributed by atoms with Crippen LogP contribution in [-0.2, 0) is 25.7 Å². The lowest BCUT2D eigenvalue weighted by Crippen LogP contribution is -2.04. The number of hydrogen-bond donors (Lipinski definition) is 0. The number of carbonyl (C=O) groups is 1. The summed E-state index contributed by atoms with van der Waals surface area (Å²) < 4.78 is 0. The first-order chi connectivity index (χ1) is 12.8. The molecule has 0 amide bonds. The molecular weight excluding hydrogens is 316 g/mol. The van der Waals surface area contributed by atoms with Crippen LogP contribution in [0.5, 0.6) is 0 Å². The van der Waals surface area contributed by atoms with E-state index in [0.29, 0.717) is 0 Å². The van der Waals surface area contributed by atoms with Crippen LogP contribution in [-0.4, -0.2) is 6.29 Å². The highest BCUT2D eigenvalue weighted by atomic mass is 16.1. The van der Waals surface area contributed by atoms with E-state index in [-0.39, 0.29) is 0 Å². The fourth-order valence-corrected chi connectivity index (χ4v) is 4.37. The van der Waals surface area contributed by atoms with Crippen molar-refractivity contribution in [2.45, 2.75) is 25.7 Å². The van der Waals surface area contributed by atoms with Gasteiger partial charge < -0.3 is 0 Å². The minimum Gasteiger partial charge on any atom is -0.298 e. The third-order valence-electron chi connectivity index (χ3n) is 5.75. The number of fused-ring (bicyclic) bond motifs is 1. The van der Waals surface area contributed by atoms with Gasteiger partial charge in [-0.1, -0.05) is 60.7 Å². The number of hydrogen-bond acceptors (Lipinski definition) is 1. The Balaban J connectivity index is 1.86.